The van der Waals surface area contributed by atoms with E-state index in [1.807, 2.05) is 45.2 Å². The van der Waals surface area contributed by atoms with E-state index in [0.29, 0.717) is 17.7 Å². The predicted octanol–water partition coefficient (Wildman–Crippen LogP) is 4.44. The van der Waals surface area contributed by atoms with Crippen molar-refractivity contribution >= 4 is 29.5 Å². The molecule has 3 heterocycles. The van der Waals surface area contributed by atoms with Crippen molar-refractivity contribution in [3.63, 3.8) is 0 Å². The molecule has 4 rings (SSSR count). The Hall–Kier alpha value is -2.65. The van der Waals surface area contributed by atoms with Crippen molar-refractivity contribution in [2.24, 2.45) is 0 Å². The fraction of sp³-hybridized carbons (Fsp3) is 0.381. The Bertz CT molecular complexity index is 1070. The molecule has 1 aliphatic rings. The molecule has 1 N–H and O–H groups in total. The normalized spacial score (nSPS) is 16.1. The molecule has 1 saturated heterocycles. The molecule has 158 valence electrons. The van der Waals surface area contributed by atoms with Gasteiger partial charge in [-0.25, -0.2) is 0 Å². The molecule has 1 unspecified atom stereocenters. The van der Waals surface area contributed by atoms with Gasteiger partial charge >= 0.3 is 0 Å². The number of benzene rings is 1. The summed E-state index contributed by atoms with van der Waals surface area (Å²) < 4.78 is 13.4. The average Bonchev–Trinajstić information content (AvgIpc) is 3.52. The van der Waals surface area contributed by atoms with Crippen LogP contribution in [0.1, 0.15) is 30.9 Å². The van der Waals surface area contributed by atoms with Crippen molar-refractivity contribution in [1.82, 2.24) is 19.7 Å². The number of likely N-dealkylation sites (tertiary alicyclic amines) is 1. The zero-order valence-corrected chi connectivity index (χ0v) is 18.6. The Balaban J connectivity index is 1.52. The van der Waals surface area contributed by atoms with Crippen LogP contribution in [0.25, 0.3) is 10.7 Å². The number of nitrogens with zero attached hydrogens (tertiary/aromatic N) is 3. The Morgan fingerprint density at radius 1 is 1.33 bits per heavy atom. The van der Waals surface area contributed by atoms with Crippen LogP contribution in [-0.2, 0) is 11.3 Å². The summed E-state index contributed by atoms with van der Waals surface area (Å²) in [5.41, 5.74) is 0.988. The van der Waals surface area contributed by atoms with Crippen molar-refractivity contribution < 1.29 is 14.3 Å². The number of rotatable bonds is 7. The number of aromatic amines is 1. The van der Waals surface area contributed by atoms with Gasteiger partial charge in [-0.15, -0.1) is 11.3 Å². The van der Waals surface area contributed by atoms with Crippen molar-refractivity contribution in [1.29, 1.82) is 0 Å². The summed E-state index contributed by atoms with van der Waals surface area (Å²) in [6.45, 7) is 1.22. The van der Waals surface area contributed by atoms with Crippen molar-refractivity contribution in [3.05, 3.63) is 46.0 Å². The first-order valence-corrected chi connectivity index (χ1v) is 11.1. The third kappa shape index (κ3) is 3.99. The number of aromatic nitrogens is 3. The average molecular weight is 445 g/mol. The number of amides is 1. The molecule has 1 aliphatic heterocycles. The molecule has 0 radical (unpaired) electrons. The summed E-state index contributed by atoms with van der Waals surface area (Å²) in [7, 11) is 3.29. The lowest BCUT2D eigenvalue weighted by Crippen LogP contribution is -2.31. The van der Waals surface area contributed by atoms with Gasteiger partial charge in [0.25, 0.3) is 0 Å². The third-order valence-electron chi connectivity index (χ3n) is 5.42. The van der Waals surface area contributed by atoms with Crippen LogP contribution in [0.2, 0.25) is 0 Å². The zero-order valence-electron chi connectivity index (χ0n) is 17.0. The molecule has 1 aromatic carbocycles. The lowest BCUT2D eigenvalue weighted by atomic mass is 10.0. The second-order valence-electron chi connectivity index (χ2n) is 7.08. The summed E-state index contributed by atoms with van der Waals surface area (Å²) in [4.78, 5) is 16.1. The number of carbonyl (C=O) groups is 1. The SMILES string of the molecule is COc1ccc(OC)c(C2CCCN2C(=O)CCn2c(-c3cccs3)n[nH]c2=S)c1. The van der Waals surface area contributed by atoms with Crippen molar-refractivity contribution in [2.45, 2.75) is 31.8 Å². The molecule has 1 amide bonds. The standard InChI is InChI=1S/C21H24N4O3S2/c1-27-14-7-8-17(28-2)15(13-14)16-5-3-10-24(16)19(26)9-11-25-20(22-23-21(25)29)18-6-4-12-30-18/h4,6-8,12-13,16H,3,5,9-11H2,1-2H3,(H,23,29). The minimum absolute atomic E-state index is 0.0170. The number of carbonyl (C=O) groups excluding carboxylic acids is 1. The molecular formula is C21H24N4O3S2. The van der Waals surface area contributed by atoms with Crippen LogP contribution >= 0.6 is 23.6 Å². The fourth-order valence-corrected chi connectivity index (χ4v) is 4.90. The summed E-state index contributed by atoms with van der Waals surface area (Å²) in [5.74, 6) is 2.41. The molecule has 0 saturated carbocycles. The van der Waals surface area contributed by atoms with Gasteiger partial charge in [-0.2, -0.15) is 5.10 Å². The van der Waals surface area contributed by atoms with E-state index in [-0.39, 0.29) is 11.9 Å². The van der Waals surface area contributed by atoms with E-state index in [0.717, 1.165) is 47.2 Å². The largest absolute Gasteiger partial charge is 0.497 e. The molecule has 30 heavy (non-hydrogen) atoms. The van der Waals surface area contributed by atoms with E-state index in [1.54, 1.807) is 25.6 Å². The van der Waals surface area contributed by atoms with E-state index in [4.69, 9.17) is 21.7 Å². The van der Waals surface area contributed by atoms with Crippen LogP contribution in [0, 0.1) is 4.77 Å². The Morgan fingerprint density at radius 2 is 2.20 bits per heavy atom. The Kier molecular flexibility index (Phi) is 6.19. The van der Waals surface area contributed by atoms with Gasteiger partial charge in [0.1, 0.15) is 11.5 Å². The molecule has 0 aliphatic carbocycles. The summed E-state index contributed by atoms with van der Waals surface area (Å²) in [6.07, 6.45) is 2.22. The highest BCUT2D eigenvalue weighted by Crippen LogP contribution is 2.39. The van der Waals surface area contributed by atoms with Crippen LogP contribution in [-0.4, -0.2) is 46.3 Å². The molecule has 2 aromatic heterocycles. The fourth-order valence-electron chi connectivity index (χ4n) is 3.96. The number of H-pyrrole nitrogens is 1. The molecule has 0 bridgehead atoms. The van der Waals surface area contributed by atoms with Crippen molar-refractivity contribution in [3.8, 4) is 22.2 Å². The van der Waals surface area contributed by atoms with Crippen LogP contribution in [0.3, 0.4) is 0 Å². The minimum Gasteiger partial charge on any atom is -0.497 e. The van der Waals surface area contributed by atoms with E-state index in [9.17, 15) is 4.79 Å². The third-order valence-corrected chi connectivity index (χ3v) is 6.60. The van der Waals surface area contributed by atoms with Crippen LogP contribution < -0.4 is 9.47 Å². The van der Waals surface area contributed by atoms with E-state index in [1.165, 1.54) is 0 Å². The molecule has 7 nitrogen and oxygen atoms in total. The first kappa shape index (κ1) is 20.6. The van der Waals surface area contributed by atoms with Gasteiger partial charge in [0.2, 0.25) is 5.91 Å². The monoisotopic (exact) mass is 444 g/mol. The number of thiophene rings is 1. The topological polar surface area (TPSA) is 72.4 Å². The minimum atomic E-state index is -0.0170. The van der Waals surface area contributed by atoms with Gasteiger partial charge in [0.15, 0.2) is 10.6 Å². The van der Waals surface area contributed by atoms with E-state index in [2.05, 4.69) is 10.2 Å². The summed E-state index contributed by atoms with van der Waals surface area (Å²) >= 11 is 6.99. The summed E-state index contributed by atoms with van der Waals surface area (Å²) in [6, 6.07) is 9.69. The first-order chi connectivity index (χ1) is 14.6. The second kappa shape index (κ2) is 9.01. The number of nitrogens with one attached hydrogen (secondary N) is 1. The number of hydrogen-bond acceptors (Lipinski definition) is 6. The van der Waals surface area contributed by atoms with Gasteiger partial charge in [-0.3, -0.25) is 14.5 Å². The van der Waals surface area contributed by atoms with E-state index >= 15 is 0 Å². The molecular weight excluding hydrogens is 420 g/mol. The van der Waals surface area contributed by atoms with Crippen LogP contribution in [0.5, 0.6) is 11.5 Å². The summed E-state index contributed by atoms with van der Waals surface area (Å²) in [5, 5.41) is 9.19. The maximum Gasteiger partial charge on any atom is 0.224 e. The highest BCUT2D eigenvalue weighted by atomic mass is 32.1. The second-order valence-corrected chi connectivity index (χ2v) is 8.42. The van der Waals surface area contributed by atoms with Gasteiger partial charge in [-0.05, 0) is 54.7 Å². The Labute approximate surface area is 184 Å². The number of hydrogen-bond donors (Lipinski definition) is 1. The quantitative estimate of drug-likeness (QED) is 0.546. The zero-order chi connectivity index (χ0) is 21.1. The first-order valence-electron chi connectivity index (χ1n) is 9.83. The van der Waals surface area contributed by atoms with Crippen molar-refractivity contribution in [2.75, 3.05) is 20.8 Å². The van der Waals surface area contributed by atoms with Gasteiger partial charge in [0, 0.05) is 25.1 Å². The molecule has 3 aromatic rings. The van der Waals surface area contributed by atoms with Crippen LogP contribution in [0.15, 0.2) is 35.7 Å². The molecule has 1 atom stereocenters. The smallest absolute Gasteiger partial charge is 0.224 e. The number of methoxy groups -OCH3 is 2. The maximum atomic E-state index is 13.2. The molecule has 1 fully saturated rings. The molecule has 0 spiro atoms. The lowest BCUT2D eigenvalue weighted by molar-refractivity contribution is -0.132. The van der Waals surface area contributed by atoms with Gasteiger partial charge < -0.3 is 14.4 Å². The maximum absolute atomic E-state index is 13.2. The molecule has 9 heteroatoms. The Morgan fingerprint density at radius 3 is 2.93 bits per heavy atom. The number of ether oxygens (including phenoxy) is 2. The highest BCUT2D eigenvalue weighted by Gasteiger charge is 2.32. The van der Waals surface area contributed by atoms with E-state index < -0.39 is 0 Å². The van der Waals surface area contributed by atoms with Crippen LogP contribution in [0.4, 0.5) is 0 Å². The lowest BCUT2D eigenvalue weighted by Gasteiger charge is -2.27. The van der Waals surface area contributed by atoms with Gasteiger partial charge in [0.05, 0.1) is 25.1 Å². The highest BCUT2D eigenvalue weighted by molar-refractivity contribution is 7.71. The predicted molar refractivity (Wildman–Crippen MR) is 119 cm³/mol. The van der Waals surface area contributed by atoms with Gasteiger partial charge in [-0.1, -0.05) is 6.07 Å².